The van der Waals surface area contributed by atoms with E-state index in [0.717, 1.165) is 0 Å². The second-order valence-electron chi connectivity index (χ2n) is 4.65. The van der Waals surface area contributed by atoms with Crippen LogP contribution in [0.25, 0.3) is 11.2 Å². The number of thiol groups is 1. The number of aliphatic hydroxyl groups excluding tert-OH is 1. The maximum atomic E-state index is 10.2. The van der Waals surface area contributed by atoms with E-state index in [1.54, 1.807) is 4.57 Å². The lowest BCUT2D eigenvalue weighted by atomic mass is 10.2. The van der Waals surface area contributed by atoms with E-state index in [9.17, 15) is 5.11 Å². The first-order valence-corrected chi connectivity index (χ1v) is 7.29. The largest absolute Gasteiger partial charge is 0.388 e. The first-order valence-electron chi connectivity index (χ1n) is 6.28. The van der Waals surface area contributed by atoms with E-state index >= 15 is 0 Å². The van der Waals surface area contributed by atoms with Crippen LogP contribution >= 0.6 is 24.2 Å². The van der Waals surface area contributed by atoms with Gasteiger partial charge in [0, 0.05) is 6.42 Å². The molecular formula is C11H14ClN5O3S. The lowest BCUT2D eigenvalue weighted by Crippen LogP contribution is -2.19. The summed E-state index contributed by atoms with van der Waals surface area (Å²) in [7, 11) is 0. The molecular weight excluding hydrogens is 318 g/mol. The number of hydrogen-bond acceptors (Lipinski definition) is 8. The molecule has 1 fully saturated rings. The Bertz CT molecular complexity index is 654. The highest BCUT2D eigenvalue weighted by atomic mass is 35.5. The van der Waals surface area contributed by atoms with Crippen molar-refractivity contribution in [1.82, 2.24) is 19.5 Å². The standard InChI is InChI=1S/C11H14ClN5O3S/c12-11-15-8(13)7-9(16-11)17(3-14-7)10-6(18)1-5(20-10)2-19-4-21/h3,5-6,10,18,21H,1-2,4H2,(H2,13,15,16)/t5-,6?,10?/m0/s1. The fourth-order valence-corrected chi connectivity index (χ4v) is 2.65. The minimum Gasteiger partial charge on any atom is -0.388 e. The third kappa shape index (κ3) is 2.79. The molecule has 1 aliphatic rings. The molecule has 114 valence electrons. The lowest BCUT2D eigenvalue weighted by molar-refractivity contribution is -0.0554. The van der Waals surface area contributed by atoms with Gasteiger partial charge < -0.3 is 20.3 Å². The number of imidazole rings is 1. The summed E-state index contributed by atoms with van der Waals surface area (Å²) >= 11 is 9.79. The van der Waals surface area contributed by atoms with Gasteiger partial charge in [-0.15, -0.1) is 0 Å². The number of ether oxygens (including phenoxy) is 2. The van der Waals surface area contributed by atoms with Crippen molar-refractivity contribution in [3.8, 4) is 0 Å². The van der Waals surface area contributed by atoms with Crippen LogP contribution < -0.4 is 5.73 Å². The van der Waals surface area contributed by atoms with Crippen molar-refractivity contribution in [3.63, 3.8) is 0 Å². The maximum Gasteiger partial charge on any atom is 0.226 e. The second kappa shape index (κ2) is 5.93. The van der Waals surface area contributed by atoms with Crippen LogP contribution in [-0.4, -0.2) is 49.4 Å². The SMILES string of the molecule is Nc1nc(Cl)nc2c1ncn2C1O[C@H](COCS)CC1O. The molecule has 0 amide bonds. The van der Waals surface area contributed by atoms with Crippen molar-refractivity contribution < 1.29 is 14.6 Å². The van der Waals surface area contributed by atoms with Gasteiger partial charge in [-0.25, -0.2) is 4.98 Å². The number of aliphatic hydroxyl groups is 1. The van der Waals surface area contributed by atoms with Gasteiger partial charge >= 0.3 is 0 Å². The Kier molecular flexibility index (Phi) is 4.18. The van der Waals surface area contributed by atoms with Crippen LogP contribution in [0.15, 0.2) is 6.33 Å². The number of fused-ring (bicyclic) bond motifs is 1. The fourth-order valence-electron chi connectivity index (χ4n) is 2.37. The molecule has 3 heterocycles. The smallest absolute Gasteiger partial charge is 0.226 e. The van der Waals surface area contributed by atoms with Gasteiger partial charge in [0.25, 0.3) is 0 Å². The monoisotopic (exact) mass is 331 g/mol. The van der Waals surface area contributed by atoms with E-state index < -0.39 is 12.3 Å². The molecule has 1 aliphatic heterocycles. The van der Waals surface area contributed by atoms with E-state index in [0.29, 0.717) is 30.1 Å². The van der Waals surface area contributed by atoms with Crippen molar-refractivity contribution in [1.29, 1.82) is 0 Å². The zero-order chi connectivity index (χ0) is 15.0. The summed E-state index contributed by atoms with van der Waals surface area (Å²) in [4.78, 5) is 12.1. The predicted octanol–water partition coefficient (Wildman–Crippen LogP) is 0.614. The quantitative estimate of drug-likeness (QED) is 0.428. The molecule has 0 bridgehead atoms. The van der Waals surface area contributed by atoms with Crippen LogP contribution in [0.4, 0.5) is 5.82 Å². The van der Waals surface area contributed by atoms with Gasteiger partial charge in [0.2, 0.25) is 5.28 Å². The van der Waals surface area contributed by atoms with Crippen molar-refractivity contribution in [2.75, 3.05) is 18.3 Å². The van der Waals surface area contributed by atoms with Crippen molar-refractivity contribution >= 4 is 41.2 Å². The van der Waals surface area contributed by atoms with Crippen LogP contribution in [0.5, 0.6) is 0 Å². The Morgan fingerprint density at radius 2 is 2.38 bits per heavy atom. The Hall–Kier alpha value is -1.13. The molecule has 3 N–H and O–H groups in total. The molecule has 2 unspecified atom stereocenters. The summed E-state index contributed by atoms with van der Waals surface area (Å²) in [6.07, 6.45) is 0.415. The third-order valence-electron chi connectivity index (χ3n) is 3.26. The first-order chi connectivity index (χ1) is 10.1. The van der Waals surface area contributed by atoms with Crippen LogP contribution in [-0.2, 0) is 9.47 Å². The average molecular weight is 332 g/mol. The van der Waals surface area contributed by atoms with Gasteiger partial charge in [-0.05, 0) is 11.6 Å². The van der Waals surface area contributed by atoms with Crippen molar-refractivity contribution in [2.45, 2.75) is 24.9 Å². The Balaban J connectivity index is 1.90. The van der Waals surface area contributed by atoms with E-state index in [1.807, 2.05) is 0 Å². The topological polar surface area (TPSA) is 108 Å². The highest BCUT2D eigenvalue weighted by Gasteiger charge is 2.36. The van der Waals surface area contributed by atoms with E-state index in [-0.39, 0.29) is 17.2 Å². The van der Waals surface area contributed by atoms with E-state index in [4.69, 9.17) is 26.8 Å². The molecule has 10 heteroatoms. The van der Waals surface area contributed by atoms with Crippen LogP contribution in [0.1, 0.15) is 12.6 Å². The van der Waals surface area contributed by atoms with E-state index in [1.165, 1.54) is 6.33 Å². The van der Waals surface area contributed by atoms with Gasteiger partial charge in [-0.3, -0.25) is 4.57 Å². The minimum atomic E-state index is -0.703. The van der Waals surface area contributed by atoms with Crippen LogP contribution in [0.3, 0.4) is 0 Å². The number of nitrogens with two attached hydrogens (primary N) is 1. The number of halogens is 1. The van der Waals surface area contributed by atoms with Gasteiger partial charge in [0.05, 0.1) is 25.0 Å². The molecule has 0 radical (unpaired) electrons. The number of nitrogen functional groups attached to an aromatic ring is 1. The van der Waals surface area contributed by atoms with Gasteiger partial charge in [-0.1, -0.05) is 0 Å². The first kappa shape index (κ1) is 14.8. The lowest BCUT2D eigenvalue weighted by Gasteiger charge is -2.16. The number of anilines is 1. The molecule has 1 saturated heterocycles. The highest BCUT2D eigenvalue weighted by Crippen LogP contribution is 2.32. The summed E-state index contributed by atoms with van der Waals surface area (Å²) in [5.41, 5.74) is 6.60. The number of hydrogen-bond donors (Lipinski definition) is 3. The molecule has 0 saturated carbocycles. The normalized spacial score (nSPS) is 25.8. The molecule has 3 rings (SSSR count). The van der Waals surface area contributed by atoms with Gasteiger partial charge in [0.15, 0.2) is 17.7 Å². The fraction of sp³-hybridized carbons (Fsp3) is 0.545. The predicted molar refractivity (Wildman–Crippen MR) is 79.1 cm³/mol. The molecule has 21 heavy (non-hydrogen) atoms. The van der Waals surface area contributed by atoms with Gasteiger partial charge in [-0.2, -0.15) is 22.6 Å². The number of rotatable bonds is 4. The average Bonchev–Trinajstić information content (AvgIpc) is 3.00. The Morgan fingerprint density at radius 1 is 1.57 bits per heavy atom. The minimum absolute atomic E-state index is 0.0178. The molecule has 0 aliphatic carbocycles. The molecule has 0 spiro atoms. The summed E-state index contributed by atoms with van der Waals surface area (Å²) in [5, 5.41) is 10.2. The van der Waals surface area contributed by atoms with Gasteiger partial charge in [0.1, 0.15) is 11.6 Å². The molecule has 3 atom stereocenters. The summed E-state index contributed by atoms with van der Waals surface area (Å²) < 4.78 is 12.6. The van der Waals surface area contributed by atoms with E-state index in [2.05, 4.69) is 27.6 Å². The maximum absolute atomic E-state index is 10.2. The summed E-state index contributed by atoms with van der Waals surface area (Å²) in [5.74, 6) is 0.486. The van der Waals surface area contributed by atoms with Crippen LogP contribution in [0, 0.1) is 0 Å². The molecule has 2 aromatic heterocycles. The second-order valence-corrected chi connectivity index (χ2v) is 5.25. The number of aromatic nitrogens is 4. The molecule has 2 aromatic rings. The summed E-state index contributed by atoms with van der Waals surface area (Å²) in [6.45, 7) is 0.363. The zero-order valence-corrected chi connectivity index (χ0v) is 12.5. The van der Waals surface area contributed by atoms with Crippen molar-refractivity contribution in [2.24, 2.45) is 0 Å². The summed E-state index contributed by atoms with van der Waals surface area (Å²) in [6, 6.07) is 0. The zero-order valence-electron chi connectivity index (χ0n) is 10.9. The van der Waals surface area contributed by atoms with Crippen molar-refractivity contribution in [3.05, 3.63) is 11.6 Å². The molecule has 0 aromatic carbocycles. The number of nitrogens with zero attached hydrogens (tertiary/aromatic N) is 4. The molecule has 8 nitrogen and oxygen atoms in total. The highest BCUT2D eigenvalue weighted by molar-refractivity contribution is 7.80. The Morgan fingerprint density at radius 3 is 3.14 bits per heavy atom. The Labute approximate surface area is 130 Å². The van der Waals surface area contributed by atoms with Crippen LogP contribution in [0.2, 0.25) is 5.28 Å². The third-order valence-corrected chi connectivity index (χ3v) is 3.61.